The van der Waals surface area contributed by atoms with E-state index in [0.29, 0.717) is 6.07 Å². The number of allylic oxidation sites excluding steroid dienone is 1. The normalized spacial score (nSPS) is 12.7. The third-order valence-corrected chi connectivity index (χ3v) is 1.72. The fourth-order valence-corrected chi connectivity index (χ4v) is 0.957. The van der Waals surface area contributed by atoms with Gasteiger partial charge in [0.05, 0.1) is 5.56 Å². The van der Waals surface area contributed by atoms with Gasteiger partial charge in [0.1, 0.15) is 5.82 Å². The number of rotatable bonds is 2. The third kappa shape index (κ3) is 2.88. The quantitative estimate of drug-likeness (QED) is 0.567. The molecule has 0 bridgehead atoms. The summed E-state index contributed by atoms with van der Waals surface area (Å²) in [5, 5.41) is 0. The number of carbonyl (C=O) groups excluding carboxylic acids is 1. The number of hydrogen-bond donors (Lipinski definition) is 0. The first kappa shape index (κ1) is 12.4. The van der Waals surface area contributed by atoms with Gasteiger partial charge in [-0.3, -0.25) is 4.79 Å². The number of hydrogen-bond acceptors (Lipinski definition) is 1. The zero-order chi connectivity index (χ0) is 12.3. The zero-order valence-corrected chi connectivity index (χ0v) is 7.68. The van der Waals surface area contributed by atoms with E-state index in [1.807, 2.05) is 0 Å². The largest absolute Gasteiger partial charge is 0.442 e. The second-order valence-electron chi connectivity index (χ2n) is 2.89. The van der Waals surface area contributed by atoms with Crippen LogP contribution in [0.15, 0.2) is 24.0 Å². The molecule has 1 aromatic carbocycles. The Kier molecular flexibility index (Phi) is 3.41. The van der Waals surface area contributed by atoms with Gasteiger partial charge in [-0.25, -0.2) is 8.78 Å². The molecule has 0 amide bonds. The summed E-state index contributed by atoms with van der Waals surface area (Å²) in [4.78, 5) is 10.2. The first-order valence-electron chi connectivity index (χ1n) is 4.03. The van der Waals surface area contributed by atoms with Crippen molar-refractivity contribution in [2.24, 2.45) is 0 Å². The number of carbonyl (C=O) groups is 1. The molecule has 1 nitrogen and oxygen atoms in total. The monoisotopic (exact) mass is 236 g/mol. The van der Waals surface area contributed by atoms with Crippen molar-refractivity contribution >= 4 is 12.4 Å². The van der Waals surface area contributed by atoms with Crippen molar-refractivity contribution in [2.45, 2.75) is 6.18 Å². The van der Waals surface area contributed by atoms with Crippen molar-refractivity contribution in [3.8, 4) is 0 Å². The molecule has 0 atom stereocenters. The Morgan fingerprint density at radius 3 is 2.31 bits per heavy atom. The lowest BCUT2D eigenvalue weighted by molar-refractivity contribution is -0.107. The minimum atomic E-state index is -5.10. The predicted molar refractivity (Wildman–Crippen MR) is 46.9 cm³/mol. The first-order valence-corrected chi connectivity index (χ1v) is 4.03. The lowest BCUT2D eigenvalue weighted by Crippen LogP contribution is -2.07. The molecule has 0 aromatic heterocycles. The maximum Gasteiger partial charge on any atom is 0.442 e. The van der Waals surface area contributed by atoms with Gasteiger partial charge in [0, 0.05) is 0 Å². The average Bonchev–Trinajstić information content (AvgIpc) is 2.16. The summed E-state index contributed by atoms with van der Waals surface area (Å²) >= 11 is 0. The van der Waals surface area contributed by atoms with E-state index < -0.39 is 17.8 Å². The zero-order valence-electron chi connectivity index (χ0n) is 7.68. The molecule has 0 aliphatic heterocycles. The van der Waals surface area contributed by atoms with Crippen LogP contribution < -0.4 is 0 Å². The van der Waals surface area contributed by atoms with Crippen molar-refractivity contribution in [3.63, 3.8) is 0 Å². The van der Waals surface area contributed by atoms with Crippen LogP contribution in [0.1, 0.15) is 15.9 Å². The SMILES string of the molecule is O=Cc1ccc(/C=C(/F)C(F)(F)F)cc1F. The van der Waals surface area contributed by atoms with Gasteiger partial charge >= 0.3 is 6.18 Å². The van der Waals surface area contributed by atoms with Crippen LogP contribution in [-0.4, -0.2) is 12.5 Å². The highest BCUT2D eigenvalue weighted by Crippen LogP contribution is 2.28. The van der Waals surface area contributed by atoms with Crippen LogP contribution in [0.2, 0.25) is 0 Å². The molecule has 0 saturated carbocycles. The molecule has 0 unspecified atom stereocenters. The minimum Gasteiger partial charge on any atom is -0.298 e. The van der Waals surface area contributed by atoms with Gasteiger partial charge in [-0.05, 0) is 23.8 Å². The summed E-state index contributed by atoms with van der Waals surface area (Å²) in [7, 11) is 0. The highest BCUT2D eigenvalue weighted by Gasteiger charge is 2.34. The minimum absolute atomic E-state index is 0.150. The summed E-state index contributed by atoms with van der Waals surface area (Å²) in [6, 6.07) is 2.63. The second-order valence-corrected chi connectivity index (χ2v) is 2.89. The summed E-state index contributed by atoms with van der Waals surface area (Å²) in [5.74, 6) is -3.33. The molecule has 0 aliphatic carbocycles. The van der Waals surface area contributed by atoms with E-state index in [0.717, 1.165) is 12.1 Å². The molecule has 0 aliphatic rings. The maximum atomic E-state index is 12.9. The van der Waals surface area contributed by atoms with E-state index in [1.165, 1.54) is 0 Å². The molecule has 0 radical (unpaired) electrons. The average molecular weight is 236 g/mol. The van der Waals surface area contributed by atoms with E-state index in [9.17, 15) is 26.7 Å². The smallest absolute Gasteiger partial charge is 0.298 e. The summed E-state index contributed by atoms with van der Waals surface area (Å²) in [6.45, 7) is 0. The fourth-order valence-electron chi connectivity index (χ4n) is 0.957. The first-order chi connectivity index (χ1) is 7.34. The van der Waals surface area contributed by atoms with Gasteiger partial charge < -0.3 is 0 Å². The van der Waals surface area contributed by atoms with Crippen LogP contribution in [0.3, 0.4) is 0 Å². The van der Waals surface area contributed by atoms with Crippen LogP contribution >= 0.6 is 0 Å². The van der Waals surface area contributed by atoms with Gasteiger partial charge in [0.15, 0.2) is 6.29 Å². The molecule has 0 saturated heterocycles. The molecule has 86 valence electrons. The Labute approximate surface area is 87.2 Å². The summed E-state index contributed by atoms with van der Waals surface area (Å²) in [6.07, 6.45) is -4.74. The lowest BCUT2D eigenvalue weighted by atomic mass is 10.1. The number of alkyl halides is 3. The maximum absolute atomic E-state index is 12.9. The summed E-state index contributed by atoms with van der Waals surface area (Å²) in [5.41, 5.74) is -0.609. The molecule has 6 heteroatoms. The van der Waals surface area contributed by atoms with Gasteiger partial charge in [-0.1, -0.05) is 6.07 Å². The highest BCUT2D eigenvalue weighted by atomic mass is 19.4. The molecule has 1 rings (SSSR count). The van der Waals surface area contributed by atoms with Crippen molar-refractivity contribution in [1.82, 2.24) is 0 Å². The van der Waals surface area contributed by atoms with Crippen LogP contribution in [0, 0.1) is 5.82 Å². The Morgan fingerprint density at radius 1 is 1.25 bits per heavy atom. The van der Waals surface area contributed by atoms with Gasteiger partial charge in [-0.2, -0.15) is 13.2 Å². The van der Waals surface area contributed by atoms with Gasteiger partial charge in [0.2, 0.25) is 5.83 Å². The Bertz CT molecular complexity index is 433. The molecule has 0 N–H and O–H groups in total. The Balaban J connectivity index is 3.08. The fraction of sp³-hybridized carbons (Fsp3) is 0.100. The van der Waals surface area contributed by atoms with Gasteiger partial charge in [-0.15, -0.1) is 0 Å². The Hall–Kier alpha value is -1.72. The highest BCUT2D eigenvalue weighted by molar-refractivity contribution is 5.75. The van der Waals surface area contributed by atoms with E-state index >= 15 is 0 Å². The topological polar surface area (TPSA) is 17.1 Å². The summed E-state index contributed by atoms with van der Waals surface area (Å²) < 4.78 is 60.7. The molecule has 0 spiro atoms. The van der Waals surface area contributed by atoms with Crippen LogP contribution in [0.4, 0.5) is 22.0 Å². The Morgan fingerprint density at radius 2 is 1.88 bits per heavy atom. The standard InChI is InChI=1S/C10H5F5O/c11-8-3-6(1-2-7(8)5-16)4-9(12)10(13,14)15/h1-5H/b9-4+. The van der Waals surface area contributed by atoms with Crippen molar-refractivity contribution in [3.05, 3.63) is 41.0 Å². The number of benzene rings is 1. The molecule has 0 heterocycles. The molecular weight excluding hydrogens is 231 g/mol. The predicted octanol–water partition coefficient (Wildman–Crippen LogP) is 3.51. The van der Waals surface area contributed by atoms with Crippen LogP contribution in [-0.2, 0) is 0 Å². The van der Waals surface area contributed by atoms with E-state index in [-0.39, 0.29) is 23.5 Å². The van der Waals surface area contributed by atoms with E-state index in [2.05, 4.69) is 0 Å². The van der Waals surface area contributed by atoms with Crippen molar-refractivity contribution in [1.29, 1.82) is 0 Å². The van der Waals surface area contributed by atoms with Gasteiger partial charge in [0.25, 0.3) is 0 Å². The lowest BCUT2D eigenvalue weighted by Gasteiger charge is -2.03. The van der Waals surface area contributed by atoms with E-state index in [4.69, 9.17) is 0 Å². The molecular formula is C10H5F5O. The number of aldehydes is 1. The van der Waals surface area contributed by atoms with Crippen molar-refractivity contribution in [2.75, 3.05) is 0 Å². The molecule has 0 fully saturated rings. The second kappa shape index (κ2) is 4.42. The third-order valence-electron chi connectivity index (χ3n) is 1.72. The number of halogens is 5. The van der Waals surface area contributed by atoms with Crippen molar-refractivity contribution < 1.29 is 26.7 Å². The van der Waals surface area contributed by atoms with E-state index in [1.54, 1.807) is 0 Å². The molecule has 1 aromatic rings. The molecule has 16 heavy (non-hydrogen) atoms. The van der Waals surface area contributed by atoms with Crippen LogP contribution in [0.5, 0.6) is 0 Å². The van der Waals surface area contributed by atoms with Crippen LogP contribution in [0.25, 0.3) is 6.08 Å².